The first-order valence-corrected chi connectivity index (χ1v) is 9.06. The average molecular weight is 363 g/mol. The Morgan fingerprint density at radius 3 is 2.77 bits per heavy atom. The summed E-state index contributed by atoms with van der Waals surface area (Å²) in [4.78, 5) is 20.8. The number of carbonyl (C=O) groups excluding carboxylic acids is 1. The molecule has 2 aromatic carbocycles. The van der Waals surface area contributed by atoms with Gasteiger partial charge in [0.2, 0.25) is 0 Å². The Hall–Kier alpha value is -3.12. The van der Waals surface area contributed by atoms with Crippen LogP contribution in [-0.2, 0) is 6.42 Å². The summed E-state index contributed by atoms with van der Waals surface area (Å²) in [6.45, 7) is 0. The van der Waals surface area contributed by atoms with E-state index >= 15 is 0 Å². The molecule has 0 fully saturated rings. The van der Waals surface area contributed by atoms with Crippen LogP contribution in [0.2, 0.25) is 0 Å². The van der Waals surface area contributed by atoms with E-state index in [0.717, 1.165) is 33.9 Å². The SMILES string of the molecule is COc1ccc(Cc2nc3ccc(NC(=O)c4cccs4)cc3[nH]2)cc1. The van der Waals surface area contributed by atoms with Crippen LogP contribution in [0.3, 0.4) is 0 Å². The minimum absolute atomic E-state index is 0.0997. The molecular formula is C20H17N3O2S. The smallest absolute Gasteiger partial charge is 0.265 e. The average Bonchev–Trinajstić information content (AvgIpc) is 3.31. The number of aromatic nitrogens is 2. The van der Waals surface area contributed by atoms with Gasteiger partial charge in [0.1, 0.15) is 11.6 Å². The molecule has 2 aromatic heterocycles. The highest BCUT2D eigenvalue weighted by atomic mass is 32.1. The maximum atomic E-state index is 12.2. The fraction of sp³-hybridized carbons (Fsp3) is 0.100. The van der Waals surface area contributed by atoms with E-state index in [-0.39, 0.29) is 5.91 Å². The van der Waals surface area contributed by atoms with Crippen molar-refractivity contribution in [2.75, 3.05) is 12.4 Å². The van der Waals surface area contributed by atoms with E-state index in [0.29, 0.717) is 11.3 Å². The van der Waals surface area contributed by atoms with Crippen LogP contribution in [0.1, 0.15) is 21.1 Å². The third kappa shape index (κ3) is 3.45. The number of rotatable bonds is 5. The zero-order valence-electron chi connectivity index (χ0n) is 14.2. The van der Waals surface area contributed by atoms with Crippen molar-refractivity contribution >= 4 is 34.0 Å². The van der Waals surface area contributed by atoms with Gasteiger partial charge in [-0.25, -0.2) is 4.98 Å². The lowest BCUT2D eigenvalue weighted by Gasteiger charge is -2.03. The first-order chi connectivity index (χ1) is 12.7. The summed E-state index contributed by atoms with van der Waals surface area (Å²) in [5.41, 5.74) is 3.67. The van der Waals surface area contributed by atoms with Gasteiger partial charge < -0.3 is 15.0 Å². The third-order valence-corrected chi connectivity index (χ3v) is 4.93. The molecular weight excluding hydrogens is 346 g/mol. The van der Waals surface area contributed by atoms with Gasteiger partial charge in [-0.3, -0.25) is 4.79 Å². The Kier molecular flexibility index (Phi) is 4.41. The van der Waals surface area contributed by atoms with Crippen molar-refractivity contribution in [1.29, 1.82) is 0 Å². The van der Waals surface area contributed by atoms with Gasteiger partial charge >= 0.3 is 0 Å². The number of ether oxygens (including phenoxy) is 1. The number of fused-ring (bicyclic) bond motifs is 1. The number of nitrogens with zero attached hydrogens (tertiary/aromatic N) is 1. The second kappa shape index (κ2) is 7.01. The molecule has 0 bridgehead atoms. The molecule has 0 aliphatic heterocycles. The molecule has 0 unspecified atom stereocenters. The molecule has 5 nitrogen and oxygen atoms in total. The Bertz CT molecular complexity index is 1040. The fourth-order valence-electron chi connectivity index (χ4n) is 2.76. The predicted molar refractivity (Wildman–Crippen MR) is 104 cm³/mol. The molecule has 6 heteroatoms. The standard InChI is InChI=1S/C20H17N3O2S/c1-25-15-7-4-13(5-8-15)11-19-22-16-9-6-14(12-17(16)23-19)21-20(24)18-3-2-10-26-18/h2-10,12H,11H2,1H3,(H,21,24)(H,22,23). The van der Waals surface area contributed by atoms with Crippen molar-refractivity contribution in [2.24, 2.45) is 0 Å². The second-order valence-corrected chi connectivity index (χ2v) is 6.82. The van der Waals surface area contributed by atoms with Crippen LogP contribution in [0.5, 0.6) is 5.75 Å². The number of amides is 1. The van der Waals surface area contributed by atoms with E-state index in [9.17, 15) is 4.79 Å². The molecule has 0 aliphatic rings. The van der Waals surface area contributed by atoms with Crippen molar-refractivity contribution in [1.82, 2.24) is 9.97 Å². The molecule has 26 heavy (non-hydrogen) atoms. The summed E-state index contributed by atoms with van der Waals surface area (Å²) in [5, 5.41) is 4.81. The van der Waals surface area contributed by atoms with Crippen LogP contribution >= 0.6 is 11.3 Å². The highest BCUT2D eigenvalue weighted by Crippen LogP contribution is 2.21. The lowest BCUT2D eigenvalue weighted by molar-refractivity contribution is 0.103. The van der Waals surface area contributed by atoms with E-state index < -0.39 is 0 Å². The molecule has 0 aliphatic carbocycles. The number of imidazole rings is 1. The quantitative estimate of drug-likeness (QED) is 0.549. The zero-order valence-corrected chi connectivity index (χ0v) is 15.0. The number of aromatic amines is 1. The highest BCUT2D eigenvalue weighted by Gasteiger charge is 2.09. The Morgan fingerprint density at radius 2 is 2.04 bits per heavy atom. The summed E-state index contributed by atoms with van der Waals surface area (Å²) in [6.07, 6.45) is 0.704. The lowest BCUT2D eigenvalue weighted by Crippen LogP contribution is -2.09. The molecule has 1 amide bonds. The molecule has 130 valence electrons. The molecule has 4 aromatic rings. The number of hydrogen-bond donors (Lipinski definition) is 2. The lowest BCUT2D eigenvalue weighted by atomic mass is 10.1. The second-order valence-electron chi connectivity index (χ2n) is 5.87. The molecule has 0 spiro atoms. The van der Waals surface area contributed by atoms with Gasteiger partial charge in [0, 0.05) is 12.1 Å². The number of thiophene rings is 1. The molecule has 0 saturated heterocycles. The van der Waals surface area contributed by atoms with Gasteiger partial charge in [0.25, 0.3) is 5.91 Å². The van der Waals surface area contributed by atoms with E-state index in [1.807, 2.05) is 60.0 Å². The first-order valence-electron chi connectivity index (χ1n) is 8.18. The maximum absolute atomic E-state index is 12.2. The summed E-state index contributed by atoms with van der Waals surface area (Å²) in [6, 6.07) is 17.3. The van der Waals surface area contributed by atoms with Gasteiger partial charge in [-0.15, -0.1) is 11.3 Å². The summed E-state index contributed by atoms with van der Waals surface area (Å²) < 4.78 is 5.18. The summed E-state index contributed by atoms with van der Waals surface area (Å²) >= 11 is 1.42. The van der Waals surface area contributed by atoms with Crippen molar-refractivity contribution in [3.63, 3.8) is 0 Å². The largest absolute Gasteiger partial charge is 0.497 e. The third-order valence-electron chi connectivity index (χ3n) is 4.06. The summed E-state index contributed by atoms with van der Waals surface area (Å²) in [7, 11) is 1.66. The molecule has 0 atom stereocenters. The number of hydrogen-bond acceptors (Lipinski definition) is 4. The summed E-state index contributed by atoms with van der Waals surface area (Å²) in [5.74, 6) is 1.62. The van der Waals surface area contributed by atoms with Gasteiger partial charge in [0.15, 0.2) is 0 Å². The Morgan fingerprint density at radius 1 is 1.19 bits per heavy atom. The topological polar surface area (TPSA) is 67.0 Å². The van der Waals surface area contributed by atoms with Crippen LogP contribution in [0.15, 0.2) is 60.0 Å². The number of H-pyrrole nitrogens is 1. The van der Waals surface area contributed by atoms with E-state index in [2.05, 4.69) is 15.3 Å². The zero-order chi connectivity index (χ0) is 17.9. The van der Waals surface area contributed by atoms with Crippen LogP contribution in [0, 0.1) is 0 Å². The van der Waals surface area contributed by atoms with Crippen LogP contribution in [0.25, 0.3) is 11.0 Å². The highest BCUT2D eigenvalue weighted by molar-refractivity contribution is 7.12. The Balaban J connectivity index is 1.52. The normalized spacial score (nSPS) is 10.8. The van der Waals surface area contributed by atoms with Crippen molar-refractivity contribution in [3.8, 4) is 5.75 Å². The number of anilines is 1. The molecule has 4 rings (SSSR count). The van der Waals surface area contributed by atoms with Gasteiger partial charge in [-0.05, 0) is 47.3 Å². The predicted octanol–water partition coefficient (Wildman–Crippen LogP) is 4.48. The molecule has 2 N–H and O–H groups in total. The van der Waals surface area contributed by atoms with Crippen molar-refractivity contribution in [3.05, 3.63) is 76.2 Å². The van der Waals surface area contributed by atoms with Gasteiger partial charge in [-0.1, -0.05) is 18.2 Å². The van der Waals surface area contributed by atoms with Gasteiger partial charge in [-0.2, -0.15) is 0 Å². The fourth-order valence-corrected chi connectivity index (χ4v) is 3.38. The number of benzene rings is 2. The van der Waals surface area contributed by atoms with E-state index in [1.165, 1.54) is 11.3 Å². The molecule has 0 radical (unpaired) electrons. The van der Waals surface area contributed by atoms with Crippen LogP contribution < -0.4 is 10.1 Å². The Labute approximate surface area is 154 Å². The van der Waals surface area contributed by atoms with Crippen molar-refractivity contribution < 1.29 is 9.53 Å². The van der Waals surface area contributed by atoms with E-state index in [4.69, 9.17) is 4.74 Å². The number of methoxy groups -OCH3 is 1. The maximum Gasteiger partial charge on any atom is 0.265 e. The monoisotopic (exact) mass is 363 g/mol. The minimum Gasteiger partial charge on any atom is -0.497 e. The molecule has 0 saturated carbocycles. The minimum atomic E-state index is -0.0997. The van der Waals surface area contributed by atoms with Crippen molar-refractivity contribution in [2.45, 2.75) is 6.42 Å². The van der Waals surface area contributed by atoms with E-state index in [1.54, 1.807) is 7.11 Å². The number of carbonyl (C=O) groups is 1. The van der Waals surface area contributed by atoms with Crippen LogP contribution in [0.4, 0.5) is 5.69 Å². The first kappa shape index (κ1) is 16.4. The number of nitrogens with one attached hydrogen (secondary N) is 2. The molecule has 2 heterocycles. The van der Waals surface area contributed by atoms with Gasteiger partial charge in [0.05, 0.1) is 23.0 Å². The van der Waals surface area contributed by atoms with Crippen LogP contribution in [-0.4, -0.2) is 23.0 Å².